The number of rotatable bonds is 5. The number of sulfonamides is 1. The molecule has 0 bridgehead atoms. The molecule has 22 heavy (non-hydrogen) atoms. The number of nitrogens with two attached hydrogens (primary N) is 1. The zero-order chi connectivity index (χ0) is 16.2. The minimum Gasteiger partial charge on any atom is -0.325 e. The van der Waals surface area contributed by atoms with Crippen LogP contribution in [0.5, 0.6) is 0 Å². The average molecular weight is 341 g/mol. The molecule has 1 heterocycles. The van der Waals surface area contributed by atoms with E-state index < -0.39 is 15.7 Å². The van der Waals surface area contributed by atoms with E-state index in [2.05, 4.69) is 20.5 Å². The number of thioether (sulfide) groups is 1. The predicted octanol–water partition coefficient (Wildman–Crippen LogP) is -0.457. The maximum absolute atomic E-state index is 11.7. The van der Waals surface area contributed by atoms with E-state index >= 15 is 0 Å². The van der Waals surface area contributed by atoms with Gasteiger partial charge in [-0.25, -0.2) is 23.4 Å². The number of amides is 1. The summed E-state index contributed by atoms with van der Waals surface area (Å²) in [5.41, 5.74) is -0.168. The number of primary sulfonamides is 1. The second-order valence-corrected chi connectivity index (χ2v) is 6.59. The predicted molar refractivity (Wildman–Crippen MR) is 79.8 cm³/mol. The lowest BCUT2D eigenvalue weighted by atomic mass is 10.3. The molecule has 0 aliphatic heterocycles. The minimum absolute atomic E-state index is 0.0229. The van der Waals surface area contributed by atoms with Gasteiger partial charge in [-0.1, -0.05) is 11.8 Å². The summed E-state index contributed by atoms with van der Waals surface area (Å²) < 4.78 is 22.2. The van der Waals surface area contributed by atoms with Crippen molar-refractivity contribution in [2.45, 2.75) is 9.92 Å². The number of hydrogen-bond donors (Lipinski definition) is 3. The summed E-state index contributed by atoms with van der Waals surface area (Å²) in [5.74, 6) is -0.315. The van der Waals surface area contributed by atoms with E-state index in [4.69, 9.17) is 5.14 Å². The highest BCUT2D eigenvalue weighted by Crippen LogP contribution is 2.15. The molecule has 1 aromatic carbocycles. The van der Waals surface area contributed by atoms with Gasteiger partial charge in [-0.05, 0) is 24.3 Å². The van der Waals surface area contributed by atoms with Gasteiger partial charge in [-0.2, -0.15) is 10.1 Å². The topological polar surface area (TPSA) is 148 Å². The van der Waals surface area contributed by atoms with Crippen molar-refractivity contribution in [1.29, 1.82) is 0 Å². The lowest BCUT2D eigenvalue weighted by Crippen LogP contribution is -2.16. The van der Waals surface area contributed by atoms with E-state index in [0.29, 0.717) is 10.7 Å². The lowest BCUT2D eigenvalue weighted by Gasteiger charge is -2.05. The van der Waals surface area contributed by atoms with Crippen LogP contribution in [0.3, 0.4) is 0 Å². The molecule has 9 nitrogen and oxygen atoms in total. The molecule has 0 saturated heterocycles. The van der Waals surface area contributed by atoms with E-state index in [1.54, 1.807) is 0 Å². The third kappa shape index (κ3) is 4.65. The van der Waals surface area contributed by atoms with Crippen LogP contribution in [-0.2, 0) is 14.8 Å². The third-order valence-electron chi connectivity index (χ3n) is 2.36. The first kappa shape index (κ1) is 16.1. The SMILES string of the molecule is NS(=O)(=O)c1ccc(NC(=O)CSc2cn[nH]c(=O)n2)cc1. The van der Waals surface area contributed by atoms with E-state index in [0.717, 1.165) is 11.8 Å². The normalized spacial score (nSPS) is 11.1. The van der Waals surface area contributed by atoms with Crippen LogP contribution in [0.4, 0.5) is 5.69 Å². The molecule has 4 N–H and O–H groups in total. The standard InChI is InChI=1S/C11H11N5O4S2/c12-22(19,20)8-3-1-7(2-4-8)14-9(17)6-21-10-5-13-16-11(18)15-10/h1-5H,6H2,(H,14,17)(H2,12,19,20)(H,15,16,18). The number of hydrogen-bond acceptors (Lipinski definition) is 7. The fraction of sp³-hybridized carbons (Fsp3) is 0.0909. The number of carbonyl (C=O) groups excluding carboxylic acids is 1. The van der Waals surface area contributed by atoms with Gasteiger partial charge in [0, 0.05) is 5.69 Å². The molecule has 1 amide bonds. The smallest absolute Gasteiger partial charge is 0.325 e. The summed E-state index contributed by atoms with van der Waals surface area (Å²) >= 11 is 1.05. The van der Waals surface area contributed by atoms with Crippen LogP contribution in [0.2, 0.25) is 0 Å². The third-order valence-corrected chi connectivity index (χ3v) is 4.19. The Hall–Kier alpha value is -2.24. The molecule has 0 radical (unpaired) electrons. The van der Waals surface area contributed by atoms with Gasteiger partial charge in [0.2, 0.25) is 15.9 Å². The van der Waals surface area contributed by atoms with Gasteiger partial charge in [0.1, 0.15) is 5.03 Å². The zero-order valence-electron chi connectivity index (χ0n) is 11.0. The highest BCUT2D eigenvalue weighted by Gasteiger charge is 2.09. The Morgan fingerprint density at radius 3 is 2.59 bits per heavy atom. The maximum Gasteiger partial charge on any atom is 0.362 e. The number of benzene rings is 1. The van der Waals surface area contributed by atoms with Crippen LogP contribution in [-0.4, -0.2) is 35.3 Å². The van der Waals surface area contributed by atoms with Crippen LogP contribution >= 0.6 is 11.8 Å². The largest absolute Gasteiger partial charge is 0.362 e. The summed E-state index contributed by atoms with van der Waals surface area (Å²) in [6.45, 7) is 0. The van der Waals surface area contributed by atoms with Gasteiger partial charge in [0.05, 0.1) is 16.8 Å². The molecular formula is C11H11N5O4S2. The van der Waals surface area contributed by atoms with Crippen LogP contribution < -0.4 is 16.1 Å². The van der Waals surface area contributed by atoms with Crippen molar-refractivity contribution >= 4 is 33.4 Å². The number of aromatic amines is 1. The first-order valence-electron chi connectivity index (χ1n) is 5.82. The molecule has 1 aromatic heterocycles. The number of nitrogens with zero attached hydrogens (tertiary/aromatic N) is 2. The van der Waals surface area contributed by atoms with Gasteiger partial charge in [-0.3, -0.25) is 4.79 Å². The summed E-state index contributed by atoms with van der Waals surface area (Å²) in [6.07, 6.45) is 1.33. The van der Waals surface area contributed by atoms with Crippen LogP contribution in [0.25, 0.3) is 0 Å². The van der Waals surface area contributed by atoms with Crippen LogP contribution in [0, 0.1) is 0 Å². The highest BCUT2D eigenvalue weighted by atomic mass is 32.2. The summed E-state index contributed by atoms with van der Waals surface area (Å²) in [5, 5.41) is 13.6. The van der Waals surface area contributed by atoms with Crippen molar-refractivity contribution in [1.82, 2.24) is 15.2 Å². The van der Waals surface area contributed by atoms with Crippen LogP contribution in [0.1, 0.15) is 0 Å². The van der Waals surface area contributed by atoms with Crippen LogP contribution in [0.15, 0.2) is 45.2 Å². The Bertz CT molecular complexity index is 832. The Kier molecular flexibility index (Phi) is 4.90. The maximum atomic E-state index is 11.7. The van der Waals surface area contributed by atoms with E-state index in [1.165, 1.54) is 30.5 Å². The fourth-order valence-corrected chi connectivity index (χ4v) is 2.57. The zero-order valence-corrected chi connectivity index (χ0v) is 12.6. The summed E-state index contributed by atoms with van der Waals surface area (Å²) in [4.78, 5) is 26.3. The van der Waals surface area contributed by atoms with Gasteiger partial charge in [0.25, 0.3) is 0 Å². The molecule has 11 heteroatoms. The molecule has 0 saturated carbocycles. The van der Waals surface area contributed by atoms with Crippen molar-refractivity contribution < 1.29 is 13.2 Å². The molecule has 0 fully saturated rings. The second-order valence-electron chi connectivity index (χ2n) is 4.03. The fourth-order valence-electron chi connectivity index (χ4n) is 1.43. The minimum atomic E-state index is -3.76. The van der Waals surface area contributed by atoms with Crippen molar-refractivity contribution in [3.05, 3.63) is 40.9 Å². The van der Waals surface area contributed by atoms with E-state index in [1.807, 2.05) is 0 Å². The summed E-state index contributed by atoms with van der Waals surface area (Å²) in [6, 6.07) is 5.44. The first-order chi connectivity index (χ1) is 10.3. The van der Waals surface area contributed by atoms with Crippen molar-refractivity contribution in [2.24, 2.45) is 5.14 Å². The van der Waals surface area contributed by atoms with E-state index in [9.17, 15) is 18.0 Å². The average Bonchev–Trinajstić information content (AvgIpc) is 2.45. The monoisotopic (exact) mass is 341 g/mol. The highest BCUT2D eigenvalue weighted by molar-refractivity contribution is 7.99. The number of aromatic nitrogens is 3. The Morgan fingerprint density at radius 1 is 1.32 bits per heavy atom. The van der Waals surface area contributed by atoms with Crippen molar-refractivity contribution in [2.75, 3.05) is 11.1 Å². The molecule has 0 aliphatic carbocycles. The van der Waals surface area contributed by atoms with Gasteiger partial charge in [-0.15, -0.1) is 0 Å². The number of anilines is 1. The molecule has 0 spiro atoms. The molecule has 0 aliphatic rings. The Morgan fingerprint density at radius 2 is 2.00 bits per heavy atom. The van der Waals surface area contributed by atoms with Gasteiger partial charge in [0.15, 0.2) is 0 Å². The number of carbonyl (C=O) groups is 1. The Balaban J connectivity index is 1.93. The Labute approximate surface area is 129 Å². The molecular weight excluding hydrogens is 330 g/mol. The van der Waals surface area contributed by atoms with Gasteiger partial charge >= 0.3 is 5.69 Å². The second kappa shape index (κ2) is 6.68. The van der Waals surface area contributed by atoms with E-state index in [-0.39, 0.29) is 16.6 Å². The molecule has 0 atom stereocenters. The lowest BCUT2D eigenvalue weighted by molar-refractivity contribution is -0.113. The molecule has 116 valence electrons. The molecule has 0 unspecified atom stereocenters. The van der Waals surface area contributed by atoms with Gasteiger partial charge < -0.3 is 5.32 Å². The number of H-pyrrole nitrogens is 1. The quantitative estimate of drug-likeness (QED) is 0.623. The molecule has 2 aromatic rings. The molecule has 2 rings (SSSR count). The number of nitrogens with one attached hydrogen (secondary N) is 2. The first-order valence-corrected chi connectivity index (χ1v) is 8.35. The van der Waals surface area contributed by atoms with Crippen molar-refractivity contribution in [3.8, 4) is 0 Å². The summed E-state index contributed by atoms with van der Waals surface area (Å²) in [7, 11) is -3.76. The van der Waals surface area contributed by atoms with Crippen molar-refractivity contribution in [3.63, 3.8) is 0 Å².